The lowest BCUT2D eigenvalue weighted by Crippen LogP contribution is -2.09. The van der Waals surface area contributed by atoms with E-state index in [2.05, 4.69) is 84.1 Å². The highest BCUT2D eigenvalue weighted by Gasteiger charge is 2.12. The number of benzene rings is 2. The summed E-state index contributed by atoms with van der Waals surface area (Å²) in [4.78, 5) is 0. The summed E-state index contributed by atoms with van der Waals surface area (Å²) in [6, 6.07) is 19.1. The Morgan fingerprint density at radius 3 is 2.40 bits per heavy atom. The molecule has 106 valence electrons. The average Bonchev–Trinajstić information content (AvgIpc) is 2.50. The average molecular weight is 380 g/mol. The van der Waals surface area contributed by atoms with Gasteiger partial charge in [-0.3, -0.25) is 0 Å². The number of halogens is 1. The SMILES string of the molecule is Cc1ccccc1C(CI)OCCCc1ccccc1. The number of hydrogen-bond acceptors (Lipinski definition) is 1. The molecular weight excluding hydrogens is 359 g/mol. The summed E-state index contributed by atoms with van der Waals surface area (Å²) < 4.78 is 7.07. The Kier molecular flexibility index (Phi) is 6.54. The van der Waals surface area contributed by atoms with Crippen molar-refractivity contribution in [3.05, 3.63) is 71.3 Å². The lowest BCUT2D eigenvalue weighted by atomic mass is 10.0. The number of hydrogen-bond donors (Lipinski definition) is 0. The highest BCUT2D eigenvalue weighted by molar-refractivity contribution is 14.1. The molecule has 2 aromatic carbocycles. The molecule has 0 aromatic heterocycles. The molecule has 0 bridgehead atoms. The van der Waals surface area contributed by atoms with Crippen LogP contribution >= 0.6 is 22.6 Å². The summed E-state index contributed by atoms with van der Waals surface area (Å²) in [6.07, 6.45) is 2.37. The van der Waals surface area contributed by atoms with Crippen molar-refractivity contribution in [3.8, 4) is 0 Å². The summed E-state index contributed by atoms with van der Waals surface area (Å²) in [5.41, 5.74) is 4.02. The Hall–Kier alpha value is -0.870. The van der Waals surface area contributed by atoms with E-state index < -0.39 is 0 Å². The number of rotatable bonds is 7. The van der Waals surface area contributed by atoms with E-state index in [0.717, 1.165) is 23.9 Å². The Balaban J connectivity index is 1.81. The largest absolute Gasteiger partial charge is 0.373 e. The van der Waals surface area contributed by atoms with Gasteiger partial charge in [-0.1, -0.05) is 77.2 Å². The minimum Gasteiger partial charge on any atom is -0.373 e. The summed E-state index contributed by atoms with van der Waals surface area (Å²) in [5, 5.41) is 0. The molecule has 0 radical (unpaired) electrons. The molecule has 2 aromatic rings. The molecule has 0 aliphatic rings. The molecule has 20 heavy (non-hydrogen) atoms. The van der Waals surface area contributed by atoms with Crippen molar-refractivity contribution >= 4 is 22.6 Å². The fourth-order valence-electron chi connectivity index (χ4n) is 2.31. The minimum atomic E-state index is 0.215. The summed E-state index contributed by atoms with van der Waals surface area (Å²) in [6.45, 7) is 2.97. The van der Waals surface area contributed by atoms with Crippen LogP contribution < -0.4 is 0 Å². The van der Waals surface area contributed by atoms with Gasteiger partial charge in [-0.25, -0.2) is 0 Å². The Morgan fingerprint density at radius 1 is 1.00 bits per heavy atom. The highest BCUT2D eigenvalue weighted by Crippen LogP contribution is 2.23. The zero-order chi connectivity index (χ0) is 14.2. The molecule has 0 aliphatic heterocycles. The van der Waals surface area contributed by atoms with E-state index in [1.807, 2.05) is 0 Å². The van der Waals surface area contributed by atoms with E-state index in [4.69, 9.17) is 4.74 Å². The second-order valence-corrected chi connectivity index (χ2v) is 5.84. The van der Waals surface area contributed by atoms with Crippen LogP contribution in [0.1, 0.15) is 29.2 Å². The molecule has 2 heteroatoms. The van der Waals surface area contributed by atoms with Crippen molar-refractivity contribution in [2.75, 3.05) is 11.0 Å². The van der Waals surface area contributed by atoms with Crippen LogP contribution in [0.25, 0.3) is 0 Å². The molecule has 0 amide bonds. The van der Waals surface area contributed by atoms with E-state index in [0.29, 0.717) is 0 Å². The molecule has 0 saturated carbocycles. The quantitative estimate of drug-likeness (QED) is 0.368. The number of aryl methyl sites for hydroxylation is 2. The van der Waals surface area contributed by atoms with Crippen molar-refractivity contribution in [1.82, 2.24) is 0 Å². The van der Waals surface area contributed by atoms with Crippen molar-refractivity contribution in [3.63, 3.8) is 0 Å². The lowest BCUT2D eigenvalue weighted by molar-refractivity contribution is 0.0689. The first-order valence-electron chi connectivity index (χ1n) is 7.08. The third kappa shape index (κ3) is 4.60. The second-order valence-electron chi connectivity index (χ2n) is 4.96. The first kappa shape index (κ1) is 15.5. The van der Waals surface area contributed by atoms with Crippen LogP contribution in [-0.2, 0) is 11.2 Å². The highest BCUT2D eigenvalue weighted by atomic mass is 127. The van der Waals surface area contributed by atoms with Gasteiger partial charge in [0.15, 0.2) is 0 Å². The number of alkyl halides is 1. The first-order chi connectivity index (χ1) is 9.81. The van der Waals surface area contributed by atoms with Crippen LogP contribution in [0.15, 0.2) is 54.6 Å². The molecule has 2 rings (SSSR count). The predicted octanol–water partition coefficient (Wildman–Crippen LogP) is 5.12. The molecule has 0 spiro atoms. The summed E-state index contributed by atoms with van der Waals surface area (Å²) >= 11 is 2.41. The van der Waals surface area contributed by atoms with Crippen LogP contribution in [0.3, 0.4) is 0 Å². The van der Waals surface area contributed by atoms with Gasteiger partial charge in [0, 0.05) is 11.0 Å². The van der Waals surface area contributed by atoms with Gasteiger partial charge in [0.2, 0.25) is 0 Å². The number of ether oxygens (including phenoxy) is 1. The Labute approximate surface area is 135 Å². The summed E-state index contributed by atoms with van der Waals surface area (Å²) in [5.74, 6) is 0. The van der Waals surface area contributed by atoms with E-state index in [1.54, 1.807) is 0 Å². The standard InChI is InChI=1S/C18H21IO/c1-15-8-5-6-12-17(15)18(14-19)20-13-7-11-16-9-3-2-4-10-16/h2-6,8-10,12,18H,7,11,13-14H2,1H3. The van der Waals surface area contributed by atoms with Crippen LogP contribution in [0, 0.1) is 6.92 Å². The van der Waals surface area contributed by atoms with Gasteiger partial charge in [0.05, 0.1) is 6.10 Å². The minimum absolute atomic E-state index is 0.215. The summed E-state index contributed by atoms with van der Waals surface area (Å²) in [7, 11) is 0. The molecule has 0 fully saturated rings. The zero-order valence-electron chi connectivity index (χ0n) is 11.9. The van der Waals surface area contributed by atoms with E-state index in [1.165, 1.54) is 16.7 Å². The second kappa shape index (κ2) is 8.42. The van der Waals surface area contributed by atoms with Crippen LogP contribution in [0.2, 0.25) is 0 Å². The molecule has 1 nitrogen and oxygen atoms in total. The molecule has 0 heterocycles. The van der Waals surface area contributed by atoms with Crippen LogP contribution in [-0.4, -0.2) is 11.0 Å². The van der Waals surface area contributed by atoms with Crippen LogP contribution in [0.4, 0.5) is 0 Å². The fraction of sp³-hybridized carbons (Fsp3) is 0.333. The topological polar surface area (TPSA) is 9.23 Å². The van der Waals surface area contributed by atoms with Gasteiger partial charge < -0.3 is 4.74 Å². The molecule has 1 unspecified atom stereocenters. The smallest absolute Gasteiger partial charge is 0.0916 e. The maximum atomic E-state index is 6.07. The molecule has 1 atom stereocenters. The predicted molar refractivity (Wildman–Crippen MR) is 93.5 cm³/mol. The van der Waals surface area contributed by atoms with Gasteiger partial charge in [0.25, 0.3) is 0 Å². The van der Waals surface area contributed by atoms with Gasteiger partial charge in [-0.15, -0.1) is 0 Å². The van der Waals surface area contributed by atoms with Crippen molar-refractivity contribution in [2.24, 2.45) is 0 Å². The molecule has 0 aliphatic carbocycles. The Bertz CT molecular complexity index is 510. The van der Waals surface area contributed by atoms with Gasteiger partial charge in [-0.05, 0) is 36.5 Å². The van der Waals surface area contributed by atoms with E-state index >= 15 is 0 Å². The van der Waals surface area contributed by atoms with Crippen molar-refractivity contribution in [2.45, 2.75) is 25.9 Å². The third-order valence-electron chi connectivity index (χ3n) is 3.45. The maximum absolute atomic E-state index is 6.07. The monoisotopic (exact) mass is 380 g/mol. The molecular formula is C18H21IO. The van der Waals surface area contributed by atoms with Gasteiger partial charge in [0.1, 0.15) is 0 Å². The lowest BCUT2D eigenvalue weighted by Gasteiger charge is -2.18. The normalized spacial score (nSPS) is 12.3. The molecule has 0 N–H and O–H groups in total. The van der Waals surface area contributed by atoms with Crippen molar-refractivity contribution < 1.29 is 4.74 Å². The van der Waals surface area contributed by atoms with Crippen LogP contribution in [0.5, 0.6) is 0 Å². The molecule has 0 saturated heterocycles. The fourth-order valence-corrected chi connectivity index (χ4v) is 3.04. The third-order valence-corrected chi connectivity index (χ3v) is 4.25. The first-order valence-corrected chi connectivity index (χ1v) is 8.61. The zero-order valence-corrected chi connectivity index (χ0v) is 14.0. The van der Waals surface area contributed by atoms with Gasteiger partial charge in [-0.2, -0.15) is 0 Å². The van der Waals surface area contributed by atoms with Crippen molar-refractivity contribution in [1.29, 1.82) is 0 Å². The van der Waals surface area contributed by atoms with Gasteiger partial charge >= 0.3 is 0 Å². The van der Waals surface area contributed by atoms with E-state index in [9.17, 15) is 0 Å². The maximum Gasteiger partial charge on any atom is 0.0916 e. The van der Waals surface area contributed by atoms with E-state index in [-0.39, 0.29) is 6.10 Å². The Morgan fingerprint density at radius 2 is 1.70 bits per heavy atom.